The molecule has 4 heteroatoms. The highest BCUT2D eigenvalue weighted by molar-refractivity contribution is 7.80. The molecule has 0 N–H and O–H groups in total. The van der Waals surface area contributed by atoms with Crippen molar-refractivity contribution < 1.29 is 14.2 Å². The van der Waals surface area contributed by atoms with Gasteiger partial charge in [0.1, 0.15) is 12.4 Å². The lowest BCUT2D eigenvalue weighted by atomic mass is 10.3. The summed E-state index contributed by atoms with van der Waals surface area (Å²) >= 11 is 4.19. The van der Waals surface area contributed by atoms with E-state index >= 15 is 0 Å². The first-order valence-electron chi connectivity index (χ1n) is 4.81. The van der Waals surface area contributed by atoms with Crippen molar-refractivity contribution in [1.82, 2.24) is 0 Å². The third kappa shape index (κ3) is 5.67. The van der Waals surface area contributed by atoms with Crippen LogP contribution >= 0.6 is 12.6 Å². The first kappa shape index (κ1) is 12.4. The molecule has 0 atom stereocenters. The van der Waals surface area contributed by atoms with Gasteiger partial charge in [-0.3, -0.25) is 0 Å². The van der Waals surface area contributed by atoms with Crippen LogP contribution in [-0.4, -0.2) is 33.5 Å². The summed E-state index contributed by atoms with van der Waals surface area (Å²) in [6.07, 6.45) is 0. The minimum Gasteiger partial charge on any atom is -0.491 e. The van der Waals surface area contributed by atoms with Crippen LogP contribution in [0.1, 0.15) is 0 Å². The summed E-state index contributed by atoms with van der Waals surface area (Å²) in [4.78, 5) is 0.929. The fraction of sp³-hybridized carbons (Fsp3) is 0.455. The van der Waals surface area contributed by atoms with Gasteiger partial charge < -0.3 is 14.2 Å². The minimum atomic E-state index is 0.551. The Hall–Kier alpha value is -0.710. The van der Waals surface area contributed by atoms with E-state index in [-0.39, 0.29) is 0 Å². The predicted octanol–water partition coefficient (Wildman–Crippen LogP) is 2.02. The molecule has 1 aromatic rings. The van der Waals surface area contributed by atoms with Crippen LogP contribution in [-0.2, 0) is 9.47 Å². The number of methoxy groups -OCH3 is 1. The molecule has 3 nitrogen and oxygen atoms in total. The van der Waals surface area contributed by atoms with Gasteiger partial charge in [0.2, 0.25) is 0 Å². The molecular formula is C11H16O3S. The Morgan fingerprint density at radius 3 is 2.33 bits per heavy atom. The van der Waals surface area contributed by atoms with Crippen molar-refractivity contribution in [3.8, 4) is 5.75 Å². The molecule has 0 heterocycles. The molecule has 0 saturated carbocycles. The molecule has 0 spiro atoms. The highest BCUT2D eigenvalue weighted by Crippen LogP contribution is 2.13. The molecule has 0 aliphatic carbocycles. The van der Waals surface area contributed by atoms with E-state index in [0.717, 1.165) is 10.6 Å². The Bertz CT molecular complexity index is 261. The van der Waals surface area contributed by atoms with Gasteiger partial charge in [-0.1, -0.05) is 0 Å². The second-order valence-electron chi connectivity index (χ2n) is 2.95. The summed E-state index contributed by atoms with van der Waals surface area (Å²) in [5.41, 5.74) is 0. The van der Waals surface area contributed by atoms with Gasteiger partial charge in [0.05, 0.1) is 19.8 Å². The smallest absolute Gasteiger partial charge is 0.119 e. The lowest BCUT2D eigenvalue weighted by Crippen LogP contribution is -2.09. The fourth-order valence-corrected chi connectivity index (χ4v) is 1.15. The maximum Gasteiger partial charge on any atom is 0.119 e. The van der Waals surface area contributed by atoms with Crippen LogP contribution in [0.3, 0.4) is 0 Å². The summed E-state index contributed by atoms with van der Waals surface area (Å²) in [5, 5.41) is 0. The molecule has 0 radical (unpaired) electrons. The predicted molar refractivity (Wildman–Crippen MR) is 61.9 cm³/mol. The summed E-state index contributed by atoms with van der Waals surface area (Å²) < 4.78 is 15.5. The molecule has 1 aromatic carbocycles. The van der Waals surface area contributed by atoms with Crippen LogP contribution < -0.4 is 4.74 Å². The average molecular weight is 228 g/mol. The zero-order valence-corrected chi connectivity index (χ0v) is 9.70. The van der Waals surface area contributed by atoms with Crippen LogP contribution in [0, 0.1) is 0 Å². The molecule has 0 aromatic heterocycles. The van der Waals surface area contributed by atoms with Crippen molar-refractivity contribution in [2.24, 2.45) is 0 Å². The summed E-state index contributed by atoms with van der Waals surface area (Å²) in [5.74, 6) is 0.836. The van der Waals surface area contributed by atoms with Crippen molar-refractivity contribution >= 4 is 12.6 Å². The molecule has 0 saturated heterocycles. The molecule has 15 heavy (non-hydrogen) atoms. The zero-order chi connectivity index (χ0) is 10.9. The number of hydrogen-bond donors (Lipinski definition) is 1. The van der Waals surface area contributed by atoms with E-state index in [1.807, 2.05) is 24.3 Å². The maximum atomic E-state index is 5.44. The van der Waals surface area contributed by atoms with Gasteiger partial charge in [0.15, 0.2) is 0 Å². The Balaban J connectivity index is 2.07. The second kappa shape index (κ2) is 7.56. The molecule has 0 aliphatic rings. The first-order valence-corrected chi connectivity index (χ1v) is 5.26. The number of benzene rings is 1. The molecule has 0 aliphatic heterocycles. The molecule has 1 rings (SSSR count). The van der Waals surface area contributed by atoms with Gasteiger partial charge in [-0.15, -0.1) is 12.6 Å². The quantitative estimate of drug-likeness (QED) is 0.571. The first-order chi connectivity index (χ1) is 7.33. The Morgan fingerprint density at radius 2 is 1.67 bits per heavy atom. The summed E-state index contributed by atoms with van der Waals surface area (Å²) in [6, 6.07) is 7.56. The fourth-order valence-electron chi connectivity index (χ4n) is 1.01. The maximum absolute atomic E-state index is 5.44. The molecule has 0 bridgehead atoms. The third-order valence-corrected chi connectivity index (χ3v) is 2.06. The Kier molecular flexibility index (Phi) is 6.23. The summed E-state index contributed by atoms with van der Waals surface area (Å²) in [7, 11) is 1.65. The van der Waals surface area contributed by atoms with E-state index in [0.29, 0.717) is 26.4 Å². The Labute approximate surface area is 95.8 Å². The van der Waals surface area contributed by atoms with Crippen molar-refractivity contribution in [2.45, 2.75) is 4.90 Å². The lowest BCUT2D eigenvalue weighted by Gasteiger charge is -2.06. The van der Waals surface area contributed by atoms with Crippen LogP contribution in [0.25, 0.3) is 0 Å². The van der Waals surface area contributed by atoms with Crippen LogP contribution in [0.5, 0.6) is 5.75 Å². The van der Waals surface area contributed by atoms with Crippen LogP contribution in [0.4, 0.5) is 0 Å². The summed E-state index contributed by atoms with van der Waals surface area (Å²) in [6.45, 7) is 2.35. The molecule has 0 amide bonds. The Morgan fingerprint density at radius 1 is 1.00 bits per heavy atom. The topological polar surface area (TPSA) is 27.7 Å². The van der Waals surface area contributed by atoms with E-state index in [4.69, 9.17) is 14.2 Å². The monoisotopic (exact) mass is 228 g/mol. The van der Waals surface area contributed by atoms with Gasteiger partial charge in [-0.05, 0) is 24.3 Å². The van der Waals surface area contributed by atoms with Crippen molar-refractivity contribution in [1.29, 1.82) is 0 Å². The number of thiol groups is 1. The largest absolute Gasteiger partial charge is 0.491 e. The molecule has 0 unspecified atom stereocenters. The standard InChI is InChI=1S/C11H16O3S/c1-12-6-7-13-8-9-14-10-2-4-11(15)5-3-10/h2-5,15H,6-9H2,1H3. The van der Waals surface area contributed by atoms with E-state index in [9.17, 15) is 0 Å². The highest BCUT2D eigenvalue weighted by atomic mass is 32.1. The van der Waals surface area contributed by atoms with Gasteiger partial charge in [-0.25, -0.2) is 0 Å². The van der Waals surface area contributed by atoms with Crippen molar-refractivity contribution in [2.75, 3.05) is 33.5 Å². The highest BCUT2D eigenvalue weighted by Gasteiger charge is 1.93. The van der Waals surface area contributed by atoms with E-state index in [1.54, 1.807) is 7.11 Å². The van der Waals surface area contributed by atoms with E-state index in [2.05, 4.69) is 12.6 Å². The van der Waals surface area contributed by atoms with Gasteiger partial charge >= 0.3 is 0 Å². The number of ether oxygens (including phenoxy) is 3. The SMILES string of the molecule is COCCOCCOc1ccc(S)cc1. The average Bonchev–Trinajstić information content (AvgIpc) is 2.26. The van der Waals surface area contributed by atoms with E-state index < -0.39 is 0 Å². The minimum absolute atomic E-state index is 0.551. The third-order valence-electron chi connectivity index (χ3n) is 1.76. The van der Waals surface area contributed by atoms with E-state index in [1.165, 1.54) is 0 Å². The number of rotatable bonds is 7. The van der Waals surface area contributed by atoms with Gasteiger partial charge in [0, 0.05) is 12.0 Å². The van der Waals surface area contributed by atoms with Crippen molar-refractivity contribution in [3.05, 3.63) is 24.3 Å². The molecular weight excluding hydrogens is 212 g/mol. The molecule has 0 fully saturated rings. The lowest BCUT2D eigenvalue weighted by molar-refractivity contribution is 0.0544. The van der Waals surface area contributed by atoms with Crippen molar-refractivity contribution in [3.63, 3.8) is 0 Å². The second-order valence-corrected chi connectivity index (χ2v) is 3.46. The van der Waals surface area contributed by atoms with Crippen LogP contribution in [0.2, 0.25) is 0 Å². The number of hydrogen-bond acceptors (Lipinski definition) is 4. The molecule has 84 valence electrons. The van der Waals surface area contributed by atoms with Crippen LogP contribution in [0.15, 0.2) is 29.2 Å². The normalized spacial score (nSPS) is 10.3. The van der Waals surface area contributed by atoms with Gasteiger partial charge in [-0.2, -0.15) is 0 Å². The van der Waals surface area contributed by atoms with Gasteiger partial charge in [0.25, 0.3) is 0 Å². The zero-order valence-electron chi connectivity index (χ0n) is 8.81.